The van der Waals surface area contributed by atoms with Gasteiger partial charge in [0, 0.05) is 126 Å². The fourth-order valence-corrected chi connectivity index (χ4v) is 24.7. The largest absolute Gasteiger partial charge is 0.495 e. The number of piperidine rings is 1. The van der Waals surface area contributed by atoms with Gasteiger partial charge in [0.2, 0.25) is 30.1 Å². The van der Waals surface area contributed by atoms with Gasteiger partial charge in [0.1, 0.15) is 31.5 Å². The van der Waals surface area contributed by atoms with E-state index >= 15 is 0 Å². The molecule has 10 aromatic rings. The van der Waals surface area contributed by atoms with Gasteiger partial charge in [-0.1, -0.05) is 44.0 Å². The van der Waals surface area contributed by atoms with Gasteiger partial charge >= 0.3 is 11.9 Å². The third-order valence-corrected chi connectivity index (χ3v) is 34.2. The molecule has 6 aromatic heterocycles. The van der Waals surface area contributed by atoms with Crippen LogP contribution in [0.5, 0.6) is 5.75 Å². The van der Waals surface area contributed by atoms with E-state index in [-0.39, 0.29) is 67.9 Å². The number of benzene rings is 4. The van der Waals surface area contributed by atoms with Crippen LogP contribution in [0.4, 0.5) is 25.7 Å². The summed E-state index contributed by atoms with van der Waals surface area (Å²) in [7, 11) is 1.30. The van der Waals surface area contributed by atoms with Crippen molar-refractivity contribution in [1.82, 2.24) is 28.9 Å². The van der Waals surface area contributed by atoms with Crippen LogP contribution in [0, 0.1) is 27.7 Å². The Morgan fingerprint density at radius 1 is 0.500 bits per heavy atom. The highest BCUT2D eigenvalue weighted by Crippen LogP contribution is 2.44. The third kappa shape index (κ3) is 26.1. The number of furan rings is 1. The first-order valence-corrected chi connectivity index (χ1v) is 52.4. The molecular weight excluding hydrogens is 1910 g/mol. The highest BCUT2D eigenvalue weighted by molar-refractivity contribution is 7.89. The lowest BCUT2D eigenvalue weighted by molar-refractivity contribution is -0.0385. The molecule has 40 heteroatoms. The number of nitrogens with one attached hydrogen (secondary N) is 8. The topological polar surface area (TPSA) is 395 Å². The van der Waals surface area contributed by atoms with Crippen molar-refractivity contribution in [1.29, 1.82) is 0 Å². The fraction of sp³-hybridized carbons (Fsp3) is 0.383. The van der Waals surface area contributed by atoms with Gasteiger partial charge in [0.05, 0.1) is 88.5 Å². The zero-order chi connectivity index (χ0) is 97.8. The number of ether oxygens (including phenoxy) is 4. The number of carbonyl (C=O) groups is 8. The molecule has 2 aliphatic carbocycles. The SMILES string of the molecule is CCC(=O)c1c(CC(=O)c2ccc(S(=O)(=O)N3CCCCC3)cc2)sc(C)c1C.CCOC(=O)c1c(NC(=S)Nc2ccccc2OC)sc2c1CC(C)(C)OC2.CNC(=O)c1c(NC(=O)c2ccc(S(=O)(=O)N(C)C)cc2)sc(C)c1C.CNC(=O)c1c(NC(=O)c2ccc(S(=O)(=O)N(C)C)cc2)sc2c1CCCCC2.COC(=O)c1c(NC(=S)NCc2ccco2)sc2c1CCC2. The number of amides is 4. The van der Waals surface area contributed by atoms with Crippen LogP contribution in [0.2, 0.25) is 0 Å². The van der Waals surface area contributed by atoms with E-state index < -0.39 is 36.0 Å². The average Bonchev–Trinajstić information content (AvgIpc) is 1.62. The average molecular weight is 2020 g/mol. The van der Waals surface area contributed by atoms with Gasteiger partial charge in [-0.25, -0.2) is 43.5 Å². The third-order valence-electron chi connectivity index (χ3n) is 22.4. The number of anilines is 5. The summed E-state index contributed by atoms with van der Waals surface area (Å²) in [5, 5.41) is 26.6. The molecule has 4 aliphatic rings. The van der Waals surface area contributed by atoms with Crippen molar-refractivity contribution in [3.8, 4) is 5.75 Å². The Morgan fingerprint density at radius 2 is 0.993 bits per heavy atom. The lowest BCUT2D eigenvalue weighted by atomic mass is 9.93. The molecule has 30 nitrogen and oxygen atoms in total. The molecule has 0 bridgehead atoms. The van der Waals surface area contributed by atoms with Crippen molar-refractivity contribution in [2.75, 3.05) is 103 Å². The van der Waals surface area contributed by atoms with E-state index in [0.717, 1.165) is 148 Å². The minimum Gasteiger partial charge on any atom is -0.495 e. The molecule has 1 saturated heterocycles. The molecule has 134 heavy (non-hydrogen) atoms. The summed E-state index contributed by atoms with van der Waals surface area (Å²) in [6.45, 7) is 17.6. The summed E-state index contributed by atoms with van der Waals surface area (Å²) in [6, 6.07) is 28.8. The second kappa shape index (κ2) is 47.4. The van der Waals surface area contributed by atoms with E-state index in [1.165, 1.54) is 158 Å². The van der Waals surface area contributed by atoms with Crippen molar-refractivity contribution >= 4 is 194 Å². The number of hydrogen-bond acceptors (Lipinski definition) is 26. The molecule has 2 aliphatic heterocycles. The van der Waals surface area contributed by atoms with Crippen LogP contribution in [0.25, 0.3) is 0 Å². The number of nitrogens with zero attached hydrogens (tertiary/aromatic N) is 3. The van der Waals surface area contributed by atoms with Gasteiger partial charge in [0.25, 0.3) is 23.6 Å². The highest BCUT2D eigenvalue weighted by atomic mass is 32.2. The van der Waals surface area contributed by atoms with Crippen molar-refractivity contribution in [2.45, 2.75) is 179 Å². The normalized spacial score (nSPS) is 13.8. The van der Waals surface area contributed by atoms with E-state index in [1.54, 1.807) is 50.8 Å². The predicted molar refractivity (Wildman–Crippen MR) is 537 cm³/mol. The second-order valence-electron chi connectivity index (χ2n) is 32.3. The van der Waals surface area contributed by atoms with E-state index in [0.29, 0.717) is 121 Å². The molecule has 14 rings (SSSR count). The van der Waals surface area contributed by atoms with Gasteiger partial charge in [-0.05, 0) is 243 Å². The highest BCUT2D eigenvalue weighted by Gasteiger charge is 2.36. The molecule has 0 unspecified atom stereocenters. The van der Waals surface area contributed by atoms with Crippen molar-refractivity contribution < 1.29 is 87.0 Å². The minimum absolute atomic E-state index is 0.0534. The summed E-state index contributed by atoms with van der Waals surface area (Å²) >= 11 is 18.1. The molecule has 0 atom stereocenters. The van der Waals surface area contributed by atoms with Crippen LogP contribution in [0.1, 0.15) is 225 Å². The zero-order valence-electron chi connectivity index (χ0n) is 77.6. The van der Waals surface area contributed by atoms with Crippen molar-refractivity contribution in [3.63, 3.8) is 0 Å². The van der Waals surface area contributed by atoms with Crippen molar-refractivity contribution in [2.24, 2.45) is 0 Å². The second-order valence-corrected chi connectivity index (χ2v) is 45.2. The van der Waals surface area contributed by atoms with Crippen LogP contribution in [0.3, 0.4) is 0 Å². The van der Waals surface area contributed by atoms with E-state index in [9.17, 15) is 63.6 Å². The summed E-state index contributed by atoms with van der Waals surface area (Å²) in [6.07, 6.45) is 13.7. The Bertz CT molecular complexity index is 6330. The van der Waals surface area contributed by atoms with Gasteiger partial charge in [-0.3, -0.25) is 28.8 Å². The molecule has 8 heterocycles. The number of thiophene rings is 5. The zero-order valence-corrected chi connectivity index (χ0v) is 85.8. The fourth-order valence-electron chi connectivity index (χ4n) is 14.9. The summed E-state index contributed by atoms with van der Waals surface area (Å²) in [5.41, 5.74) is 9.22. The first kappa shape index (κ1) is 106. The number of ketones is 2. The Labute approximate surface area is 813 Å². The van der Waals surface area contributed by atoms with Crippen LogP contribution < -0.4 is 47.3 Å². The quantitative estimate of drug-likeness (QED) is 0.0108. The molecule has 0 spiro atoms. The standard InChI is InChI=1S/C22H27NO4S2.C20H25N3O4S2.C20H24N2O4S2.C17H21N3O4S2.C15H16N2O3S2/c1-4-19(24)22-15(2)16(3)28-21(22)14-20(25)17-8-10-18(11-9-17)29(26,27)23-12-6-5-7-13-23;1-21-19(25)17-15-7-5-4-6-8-16(15)28-20(17)22-18(24)13-9-11-14(12-10-13)29(26,27)23(2)3;1-5-25-18(23)16-12-10-20(2,3)26-11-15(12)28-17(16)22-19(27)21-13-8-6-7-9-14(13)24-4;1-10-11(2)25-17(14(10)16(22)18-3)19-15(21)12-6-8-13(9-7-12)26(23,24)20(4)5;1-19-14(18)12-10-5-2-6-11(10)22-13(12)17-15(21)16-8-9-4-3-7-20-9/h8-11H,4-7,12-14H2,1-3H3;9-12H,4-8H2,1-3H3,(H,21,25)(H,22,24);6-9H,5,10-11H2,1-4H3,(H2,21,22,27);6-9H,1-5H3,(H,18,22)(H,19,21);3-4,7H,2,5-6,8H2,1H3,(H2,16,17,21). The molecule has 0 radical (unpaired) electrons. The number of rotatable bonds is 26. The van der Waals surface area contributed by atoms with Crippen LogP contribution in [-0.2, 0) is 96.0 Å². The number of fused-ring (bicyclic) bond motifs is 3. The Kier molecular flexibility index (Phi) is 37.4. The number of carbonyl (C=O) groups excluding carboxylic acids is 8. The van der Waals surface area contributed by atoms with Gasteiger partial charge in [0.15, 0.2) is 21.8 Å². The number of thiocarbonyl (C=S) groups is 2. The summed E-state index contributed by atoms with van der Waals surface area (Å²) in [4.78, 5) is 106. The van der Waals surface area contributed by atoms with Crippen molar-refractivity contribution in [3.05, 3.63) is 223 Å². The minimum atomic E-state index is -3.55. The first-order chi connectivity index (χ1) is 63.6. The van der Waals surface area contributed by atoms with Crippen LogP contribution in [-0.4, -0.2) is 177 Å². The number of para-hydroxylation sites is 2. The summed E-state index contributed by atoms with van der Waals surface area (Å²) in [5.74, 6) is -0.497. The first-order valence-electron chi connectivity index (χ1n) is 43.2. The molecular formula is C94H113N11O19S10. The maximum absolute atomic E-state index is 12.8. The van der Waals surface area contributed by atoms with E-state index in [1.807, 2.05) is 84.9 Å². The lowest BCUT2D eigenvalue weighted by Crippen LogP contribution is -2.35. The molecule has 8 N–H and O–H groups in total. The predicted octanol–water partition coefficient (Wildman–Crippen LogP) is 17.4. The monoisotopic (exact) mass is 2020 g/mol. The number of hydrogen-bond donors (Lipinski definition) is 8. The number of aryl methyl sites for hydroxylation is 4. The van der Waals surface area contributed by atoms with E-state index in [4.69, 9.17) is 47.8 Å². The number of Topliss-reactive ketones (excluding diaryl/α,β-unsaturated/α-hetero) is 2. The number of esters is 2. The van der Waals surface area contributed by atoms with E-state index in [2.05, 4.69) is 42.5 Å². The molecule has 1 fully saturated rings. The lowest BCUT2D eigenvalue weighted by Gasteiger charge is -2.30. The van der Waals surface area contributed by atoms with Crippen LogP contribution >= 0.6 is 81.1 Å². The van der Waals surface area contributed by atoms with Gasteiger partial charge < -0.3 is 65.9 Å². The number of methoxy groups -OCH3 is 2. The summed E-state index contributed by atoms with van der Waals surface area (Å²) < 4.78 is 104. The van der Waals surface area contributed by atoms with Gasteiger partial charge in [-0.2, -0.15) is 4.31 Å². The van der Waals surface area contributed by atoms with Gasteiger partial charge in [-0.15, -0.1) is 56.7 Å². The Balaban J connectivity index is 0.000000174. The smallest absolute Gasteiger partial charge is 0.341 e. The Morgan fingerprint density at radius 3 is 1.54 bits per heavy atom. The molecule has 0 saturated carbocycles. The van der Waals surface area contributed by atoms with Crippen LogP contribution in [0.15, 0.2) is 135 Å². The maximum atomic E-state index is 12.8. The Hall–Kier alpha value is -10.3. The molecule has 718 valence electrons. The molecule has 4 aromatic carbocycles. The number of sulfonamides is 3. The molecule has 4 amide bonds. The maximum Gasteiger partial charge on any atom is 0.341 e.